The van der Waals surface area contributed by atoms with Crippen molar-refractivity contribution < 1.29 is 8.83 Å². The lowest BCUT2D eigenvalue weighted by Gasteiger charge is -2.26. The van der Waals surface area contributed by atoms with E-state index in [1.807, 2.05) is 36.4 Å². The number of nitrogens with zero attached hydrogens (tertiary/aromatic N) is 6. The van der Waals surface area contributed by atoms with Crippen molar-refractivity contribution in [1.82, 2.24) is 19.9 Å². The molecular weight excluding hydrogens is 1340 g/mol. The molecule has 110 heavy (non-hydrogen) atoms. The van der Waals surface area contributed by atoms with Gasteiger partial charge < -0.3 is 18.6 Å². The van der Waals surface area contributed by atoms with Crippen molar-refractivity contribution in [3.05, 3.63) is 400 Å². The van der Waals surface area contributed by atoms with Crippen molar-refractivity contribution in [2.45, 2.75) is 0 Å². The lowest BCUT2D eigenvalue weighted by atomic mass is 10.0. The third-order valence-electron chi connectivity index (χ3n) is 20.9. The molecular formula is C102H66N6O2. The zero-order valence-electron chi connectivity index (χ0n) is 59.6. The normalized spacial score (nSPS) is 11.5. The van der Waals surface area contributed by atoms with Crippen LogP contribution >= 0.6 is 0 Å². The number of furan rings is 2. The molecule has 4 aromatic heterocycles. The van der Waals surface area contributed by atoms with Gasteiger partial charge in [0.2, 0.25) is 0 Å². The van der Waals surface area contributed by atoms with E-state index in [0.717, 1.165) is 139 Å². The van der Waals surface area contributed by atoms with Gasteiger partial charge in [0.1, 0.15) is 22.3 Å². The van der Waals surface area contributed by atoms with E-state index in [-0.39, 0.29) is 0 Å². The number of fused-ring (bicyclic) bond motifs is 10. The Kier molecular flexibility index (Phi) is 16.4. The lowest BCUT2D eigenvalue weighted by Crippen LogP contribution is -2.09. The third kappa shape index (κ3) is 12.3. The molecule has 21 aromatic rings. The van der Waals surface area contributed by atoms with E-state index >= 15 is 0 Å². The van der Waals surface area contributed by atoms with Crippen LogP contribution in [0.4, 0.5) is 34.1 Å². The third-order valence-corrected chi connectivity index (χ3v) is 20.9. The van der Waals surface area contributed by atoms with Crippen molar-refractivity contribution in [2.75, 3.05) is 9.80 Å². The van der Waals surface area contributed by atoms with Gasteiger partial charge in [-0.15, -0.1) is 0 Å². The Morgan fingerprint density at radius 3 is 0.791 bits per heavy atom. The van der Waals surface area contributed by atoms with Gasteiger partial charge in [-0.1, -0.05) is 243 Å². The van der Waals surface area contributed by atoms with Crippen molar-refractivity contribution >= 4 is 121 Å². The van der Waals surface area contributed by atoms with E-state index in [9.17, 15) is 0 Å². The predicted molar refractivity (Wildman–Crippen MR) is 456 cm³/mol. The highest BCUT2D eigenvalue weighted by molar-refractivity contribution is 6.13. The Balaban J connectivity index is 0.000000145. The maximum Gasteiger partial charge on any atom is 0.160 e. The molecule has 8 nitrogen and oxygen atoms in total. The highest BCUT2D eigenvalue weighted by atomic mass is 16.3. The van der Waals surface area contributed by atoms with Crippen LogP contribution < -0.4 is 9.80 Å². The lowest BCUT2D eigenvalue weighted by molar-refractivity contribution is 0.669. The van der Waals surface area contributed by atoms with Crippen LogP contribution in [0.25, 0.3) is 166 Å². The smallest absolute Gasteiger partial charge is 0.160 e. The van der Waals surface area contributed by atoms with Gasteiger partial charge in [-0.05, 0) is 213 Å². The van der Waals surface area contributed by atoms with Gasteiger partial charge in [0.25, 0.3) is 0 Å². The predicted octanol–water partition coefficient (Wildman–Crippen LogP) is 28.0. The average Bonchev–Trinajstić information content (AvgIpc) is 1.55. The number of aromatic nitrogens is 4. The molecule has 0 saturated heterocycles. The monoisotopic (exact) mass is 1410 g/mol. The molecule has 0 saturated carbocycles. The molecule has 0 atom stereocenters. The van der Waals surface area contributed by atoms with Crippen molar-refractivity contribution in [3.63, 3.8) is 0 Å². The fraction of sp³-hybridized carbons (Fsp3) is 0. The molecule has 0 amide bonds. The number of para-hydroxylation sites is 3. The molecule has 0 unspecified atom stereocenters. The van der Waals surface area contributed by atoms with Crippen LogP contribution in [0.1, 0.15) is 0 Å². The van der Waals surface area contributed by atoms with E-state index in [4.69, 9.17) is 28.8 Å². The molecule has 8 heteroatoms. The molecule has 0 bridgehead atoms. The zero-order valence-corrected chi connectivity index (χ0v) is 59.6. The number of hydrogen-bond acceptors (Lipinski definition) is 8. The highest BCUT2D eigenvalue weighted by Gasteiger charge is 2.21. The zero-order chi connectivity index (χ0) is 72.9. The van der Waals surface area contributed by atoms with Gasteiger partial charge in [0.15, 0.2) is 11.6 Å². The summed E-state index contributed by atoms with van der Waals surface area (Å²) in [4.78, 5) is 25.2. The summed E-state index contributed by atoms with van der Waals surface area (Å²) >= 11 is 0. The van der Waals surface area contributed by atoms with Crippen molar-refractivity contribution in [2.24, 2.45) is 0 Å². The summed E-state index contributed by atoms with van der Waals surface area (Å²) in [7, 11) is 0. The first kappa shape index (κ1) is 64.7. The SMILES string of the molecule is c1ccc(-c2ccc(N(c3ccc(-c4ccccc4)cc3)c3ccc(-c4nc(-c5ccc6c(c5)oc5cc7ccccc7cc56)c5ccccc5n4)cc3)cc2)cc1.c1ccc(-c2ccc(N(c3ccccc3)c3ccc(-c4nc(-c5ccc6c(c5)oc5cc7ccccc7cc56)c5ccccc5n4)cc3)cc2)cc1. The Morgan fingerprint density at radius 2 is 0.436 bits per heavy atom. The van der Waals surface area contributed by atoms with Crippen LogP contribution in [0.3, 0.4) is 0 Å². The molecule has 21 rings (SSSR count). The van der Waals surface area contributed by atoms with Gasteiger partial charge >= 0.3 is 0 Å². The second-order valence-electron chi connectivity index (χ2n) is 27.7. The van der Waals surface area contributed by atoms with Gasteiger partial charge in [0, 0.05) is 88.7 Å². The van der Waals surface area contributed by atoms with Crippen molar-refractivity contribution in [1.29, 1.82) is 0 Å². The molecule has 0 spiro atoms. The van der Waals surface area contributed by atoms with Gasteiger partial charge in [-0.25, -0.2) is 19.9 Å². The standard InChI is InChI=1S/C54H35N3O.C48H31N3O/c1-3-11-36(12-4-1)38-19-26-44(27-20-38)57(45-28-21-39(22-29-45)37-13-5-2-6-14-37)46-30-23-40(24-31-46)54-55-50-18-10-9-17-48(50)53(56-54)43-25-32-47-49-33-41-15-7-8-16-42(41)34-52(49)58-51(47)35-43;1-3-11-32(12-4-1)33-19-24-39(25-20-33)51(38-15-5-2-6-16-38)40-26-21-34(22-27-40)48-49-44-18-10-9-17-42(44)47(50-48)37-23-28-41-43-29-35-13-7-8-14-36(35)30-46(43)52-45(41)31-37/h1-35H;1-31H. The summed E-state index contributed by atoms with van der Waals surface area (Å²) < 4.78 is 12.9. The minimum Gasteiger partial charge on any atom is -0.456 e. The van der Waals surface area contributed by atoms with Crippen LogP contribution in [0, 0.1) is 0 Å². The Bertz CT molecular complexity index is 6890. The molecule has 0 aliphatic rings. The molecule has 516 valence electrons. The summed E-state index contributed by atoms with van der Waals surface area (Å²) in [6, 6.07) is 140. The fourth-order valence-electron chi connectivity index (χ4n) is 15.4. The molecule has 4 heterocycles. The summed E-state index contributed by atoms with van der Waals surface area (Å²) in [5.41, 5.74) is 24.3. The molecule has 0 N–H and O–H groups in total. The Hall–Kier alpha value is -14.9. The number of rotatable bonds is 13. The minimum atomic E-state index is 0.669. The highest BCUT2D eigenvalue weighted by Crippen LogP contribution is 2.43. The maximum atomic E-state index is 6.47. The first-order chi connectivity index (χ1) is 54.5. The first-order valence-electron chi connectivity index (χ1n) is 37.0. The van der Waals surface area contributed by atoms with Crippen molar-refractivity contribution in [3.8, 4) is 78.7 Å². The molecule has 17 aromatic carbocycles. The second kappa shape index (κ2) is 27.9. The molecule has 0 aliphatic carbocycles. The number of anilines is 6. The summed E-state index contributed by atoms with van der Waals surface area (Å²) in [6.07, 6.45) is 0. The Morgan fingerprint density at radius 1 is 0.173 bits per heavy atom. The molecule has 0 fully saturated rings. The summed E-state index contributed by atoms with van der Waals surface area (Å²) in [6.45, 7) is 0. The van der Waals surface area contributed by atoms with Crippen LogP contribution in [-0.4, -0.2) is 19.9 Å². The quantitative estimate of drug-likeness (QED) is 0.113. The number of benzene rings is 17. The van der Waals surface area contributed by atoms with Gasteiger partial charge in [-0.2, -0.15) is 0 Å². The van der Waals surface area contributed by atoms with Gasteiger partial charge in [0.05, 0.1) is 22.4 Å². The summed E-state index contributed by atoms with van der Waals surface area (Å²) in [5.74, 6) is 1.34. The summed E-state index contributed by atoms with van der Waals surface area (Å²) in [5, 5.41) is 11.1. The van der Waals surface area contributed by atoms with E-state index in [0.29, 0.717) is 11.6 Å². The van der Waals surface area contributed by atoms with Gasteiger partial charge in [-0.3, -0.25) is 0 Å². The second-order valence-corrected chi connectivity index (χ2v) is 27.7. The minimum absolute atomic E-state index is 0.669. The maximum absolute atomic E-state index is 6.47. The topological polar surface area (TPSA) is 84.3 Å². The largest absolute Gasteiger partial charge is 0.456 e. The van der Waals surface area contributed by atoms with Crippen LogP contribution in [0.15, 0.2) is 409 Å². The van der Waals surface area contributed by atoms with E-state index in [1.54, 1.807) is 0 Å². The fourth-order valence-corrected chi connectivity index (χ4v) is 15.4. The van der Waals surface area contributed by atoms with E-state index in [2.05, 4.69) is 374 Å². The van der Waals surface area contributed by atoms with Crippen LogP contribution in [0.2, 0.25) is 0 Å². The van der Waals surface area contributed by atoms with E-state index < -0.39 is 0 Å². The van der Waals surface area contributed by atoms with Crippen LogP contribution in [0.5, 0.6) is 0 Å². The number of hydrogen-bond donors (Lipinski definition) is 0. The van der Waals surface area contributed by atoms with Crippen LogP contribution in [-0.2, 0) is 0 Å². The molecule has 0 radical (unpaired) electrons. The Labute approximate surface area is 635 Å². The first-order valence-corrected chi connectivity index (χ1v) is 37.0. The molecule has 0 aliphatic heterocycles. The average molecular weight is 1410 g/mol. The van der Waals surface area contributed by atoms with E-state index in [1.165, 1.54) is 49.5 Å².